The van der Waals surface area contributed by atoms with Crippen LogP contribution in [0.3, 0.4) is 0 Å². The van der Waals surface area contributed by atoms with E-state index in [1.807, 2.05) is 0 Å². The second-order valence-corrected chi connectivity index (χ2v) is 4.24. The fraction of sp³-hybridized carbons (Fsp3) is 0.125. The molecule has 1 aromatic heterocycles. The van der Waals surface area contributed by atoms with Gasteiger partial charge in [0.05, 0.1) is 16.9 Å². The molecule has 0 aliphatic rings. The van der Waals surface area contributed by atoms with Crippen molar-refractivity contribution < 1.29 is 14.3 Å². The van der Waals surface area contributed by atoms with Crippen LogP contribution in [0, 0.1) is 24.6 Å². The Kier molecular flexibility index (Phi) is 4.64. The average molecular weight is 284 g/mol. The molecular weight excluding hydrogens is 271 g/mol. The van der Waals surface area contributed by atoms with Crippen molar-refractivity contribution in [2.24, 2.45) is 0 Å². The summed E-state index contributed by atoms with van der Waals surface area (Å²) in [5.41, 5.74) is 1.72. The van der Waals surface area contributed by atoms with E-state index in [1.165, 1.54) is 12.1 Å². The molecule has 4 nitrogen and oxygen atoms in total. The Morgan fingerprint density at radius 2 is 2.24 bits per heavy atom. The number of aliphatic hydroxyl groups excluding tert-OH is 1. The van der Waals surface area contributed by atoms with Crippen molar-refractivity contribution in [3.63, 3.8) is 0 Å². The molecule has 2 N–H and O–H groups in total. The van der Waals surface area contributed by atoms with Crippen LogP contribution in [0.4, 0.5) is 10.1 Å². The molecule has 0 atom stereocenters. The van der Waals surface area contributed by atoms with Gasteiger partial charge in [0, 0.05) is 11.8 Å². The summed E-state index contributed by atoms with van der Waals surface area (Å²) >= 11 is 0. The van der Waals surface area contributed by atoms with Gasteiger partial charge in [-0.15, -0.1) is 0 Å². The third-order valence-corrected chi connectivity index (χ3v) is 2.78. The summed E-state index contributed by atoms with van der Waals surface area (Å²) in [7, 11) is 0. The Balaban J connectivity index is 2.33. The zero-order valence-electron chi connectivity index (χ0n) is 11.4. The molecule has 5 heteroatoms. The average Bonchev–Trinajstić information content (AvgIpc) is 2.47. The van der Waals surface area contributed by atoms with Gasteiger partial charge in [-0.05, 0) is 37.3 Å². The number of halogens is 1. The van der Waals surface area contributed by atoms with Crippen LogP contribution in [0.2, 0.25) is 0 Å². The lowest BCUT2D eigenvalue weighted by atomic mass is 10.1. The number of aliphatic hydroxyl groups is 1. The number of hydrogen-bond acceptors (Lipinski definition) is 3. The van der Waals surface area contributed by atoms with E-state index in [1.54, 1.807) is 25.3 Å². The van der Waals surface area contributed by atoms with Gasteiger partial charge in [0.1, 0.15) is 12.4 Å². The third-order valence-electron chi connectivity index (χ3n) is 2.78. The number of carbonyl (C=O) groups excluding carboxylic acids is 1. The highest BCUT2D eigenvalue weighted by Crippen LogP contribution is 2.15. The molecule has 1 heterocycles. The minimum absolute atomic E-state index is 0.225. The number of aromatic nitrogens is 1. The first-order valence-electron chi connectivity index (χ1n) is 6.24. The van der Waals surface area contributed by atoms with Gasteiger partial charge in [-0.3, -0.25) is 9.78 Å². The van der Waals surface area contributed by atoms with Gasteiger partial charge in [-0.25, -0.2) is 4.39 Å². The number of benzene rings is 1. The molecule has 0 aliphatic heterocycles. The Hall–Kier alpha value is -2.71. The van der Waals surface area contributed by atoms with Crippen LogP contribution in [0.25, 0.3) is 0 Å². The SMILES string of the molecule is Cc1ncccc1NC(=O)c1ccc(F)cc1C#CCO. The maximum atomic E-state index is 13.3. The number of pyridine rings is 1. The number of rotatable bonds is 2. The van der Waals surface area contributed by atoms with Gasteiger partial charge in [0.2, 0.25) is 0 Å². The molecule has 1 amide bonds. The standard InChI is InChI=1S/C16H13FN2O2/c1-11-15(5-2-8-18-11)19-16(21)14-7-6-13(17)10-12(14)4-3-9-20/h2,5-8,10,20H,9H2,1H3,(H,19,21). The van der Waals surface area contributed by atoms with E-state index in [0.717, 1.165) is 6.07 Å². The Morgan fingerprint density at radius 3 is 2.95 bits per heavy atom. The van der Waals surface area contributed by atoms with Gasteiger partial charge < -0.3 is 10.4 Å². The van der Waals surface area contributed by atoms with E-state index in [0.29, 0.717) is 11.4 Å². The van der Waals surface area contributed by atoms with E-state index < -0.39 is 11.7 Å². The first kappa shape index (κ1) is 14.7. The Labute approximate surface area is 121 Å². The topological polar surface area (TPSA) is 62.2 Å². The highest BCUT2D eigenvalue weighted by molar-refractivity contribution is 6.06. The first-order chi connectivity index (χ1) is 10.1. The molecule has 2 aromatic rings. The van der Waals surface area contributed by atoms with Gasteiger partial charge in [0.15, 0.2) is 0 Å². The third kappa shape index (κ3) is 3.65. The van der Waals surface area contributed by atoms with Crippen LogP contribution in [0.1, 0.15) is 21.6 Å². The van der Waals surface area contributed by atoms with Crippen LogP contribution in [-0.2, 0) is 0 Å². The highest BCUT2D eigenvalue weighted by Gasteiger charge is 2.12. The molecule has 0 saturated carbocycles. The highest BCUT2D eigenvalue weighted by atomic mass is 19.1. The zero-order chi connectivity index (χ0) is 15.2. The molecule has 0 saturated heterocycles. The number of hydrogen-bond donors (Lipinski definition) is 2. The van der Waals surface area contributed by atoms with E-state index in [9.17, 15) is 9.18 Å². The predicted octanol–water partition coefficient (Wildman–Crippen LogP) is 2.13. The van der Waals surface area contributed by atoms with E-state index in [2.05, 4.69) is 22.1 Å². The lowest BCUT2D eigenvalue weighted by molar-refractivity contribution is 0.102. The number of nitrogens with zero attached hydrogens (tertiary/aromatic N) is 1. The predicted molar refractivity (Wildman–Crippen MR) is 77.3 cm³/mol. The molecule has 0 bridgehead atoms. The summed E-state index contributed by atoms with van der Waals surface area (Å²) in [6.45, 7) is 1.41. The minimum atomic E-state index is -0.494. The molecule has 1 aromatic carbocycles. The minimum Gasteiger partial charge on any atom is -0.384 e. The van der Waals surface area contributed by atoms with Gasteiger partial charge >= 0.3 is 0 Å². The van der Waals surface area contributed by atoms with Crippen molar-refractivity contribution in [2.45, 2.75) is 6.92 Å². The largest absolute Gasteiger partial charge is 0.384 e. The molecule has 0 radical (unpaired) electrons. The molecule has 0 unspecified atom stereocenters. The molecule has 0 aliphatic carbocycles. The number of aryl methyl sites for hydroxylation is 1. The number of carbonyl (C=O) groups is 1. The summed E-state index contributed by atoms with van der Waals surface area (Å²) in [4.78, 5) is 16.3. The second-order valence-electron chi connectivity index (χ2n) is 4.24. The van der Waals surface area contributed by atoms with Crippen LogP contribution < -0.4 is 5.32 Å². The normalized spacial score (nSPS) is 9.67. The van der Waals surface area contributed by atoms with Crippen molar-refractivity contribution in [1.82, 2.24) is 4.98 Å². The van der Waals surface area contributed by atoms with Crippen molar-refractivity contribution in [3.05, 3.63) is 59.2 Å². The van der Waals surface area contributed by atoms with Crippen LogP contribution in [-0.4, -0.2) is 22.6 Å². The molecule has 0 fully saturated rings. The number of anilines is 1. The monoisotopic (exact) mass is 284 g/mol. The van der Waals surface area contributed by atoms with Crippen molar-refractivity contribution in [1.29, 1.82) is 0 Å². The summed E-state index contributed by atoms with van der Waals surface area (Å²) in [5.74, 6) is 4.07. The summed E-state index contributed by atoms with van der Waals surface area (Å²) < 4.78 is 13.3. The second kappa shape index (κ2) is 6.64. The maximum absolute atomic E-state index is 13.3. The Bertz CT molecular complexity index is 733. The van der Waals surface area contributed by atoms with E-state index >= 15 is 0 Å². The molecule has 106 valence electrons. The molecule has 2 rings (SSSR count). The quantitative estimate of drug-likeness (QED) is 0.830. The van der Waals surface area contributed by atoms with Crippen molar-refractivity contribution in [3.8, 4) is 11.8 Å². The molecule has 0 spiro atoms. The maximum Gasteiger partial charge on any atom is 0.256 e. The van der Waals surface area contributed by atoms with Crippen LogP contribution >= 0.6 is 0 Å². The molecule has 21 heavy (non-hydrogen) atoms. The Morgan fingerprint density at radius 1 is 1.43 bits per heavy atom. The summed E-state index contributed by atoms with van der Waals surface area (Å²) in [6, 6.07) is 7.14. The van der Waals surface area contributed by atoms with E-state index in [-0.39, 0.29) is 17.7 Å². The van der Waals surface area contributed by atoms with Crippen molar-refractivity contribution >= 4 is 11.6 Å². The summed E-state index contributed by atoms with van der Waals surface area (Å²) in [6.07, 6.45) is 1.63. The first-order valence-corrected chi connectivity index (χ1v) is 6.24. The van der Waals surface area contributed by atoms with Crippen LogP contribution in [0.15, 0.2) is 36.5 Å². The van der Waals surface area contributed by atoms with E-state index in [4.69, 9.17) is 5.11 Å². The summed E-state index contributed by atoms with van der Waals surface area (Å²) in [5, 5.41) is 11.4. The lowest BCUT2D eigenvalue weighted by Crippen LogP contribution is -2.14. The number of nitrogens with one attached hydrogen (secondary N) is 1. The number of amides is 1. The lowest BCUT2D eigenvalue weighted by Gasteiger charge is -2.09. The smallest absolute Gasteiger partial charge is 0.256 e. The van der Waals surface area contributed by atoms with Gasteiger partial charge in [-0.1, -0.05) is 11.8 Å². The van der Waals surface area contributed by atoms with Crippen molar-refractivity contribution in [2.75, 3.05) is 11.9 Å². The fourth-order valence-corrected chi connectivity index (χ4v) is 1.76. The van der Waals surface area contributed by atoms with Gasteiger partial charge in [-0.2, -0.15) is 0 Å². The fourth-order valence-electron chi connectivity index (χ4n) is 1.76. The molecular formula is C16H13FN2O2. The zero-order valence-corrected chi connectivity index (χ0v) is 11.4. The van der Waals surface area contributed by atoms with Crippen LogP contribution in [0.5, 0.6) is 0 Å². The van der Waals surface area contributed by atoms with Gasteiger partial charge in [0.25, 0.3) is 5.91 Å².